The van der Waals surface area contributed by atoms with Crippen molar-refractivity contribution >= 4 is 16.0 Å². The van der Waals surface area contributed by atoms with E-state index in [1.165, 1.54) is 0 Å². The predicted octanol–water partition coefficient (Wildman–Crippen LogP) is 1.13. The van der Waals surface area contributed by atoms with Gasteiger partial charge in [0, 0.05) is 5.57 Å². The van der Waals surface area contributed by atoms with E-state index in [2.05, 4.69) is 13.2 Å². The first-order chi connectivity index (χ1) is 7.10. The highest BCUT2D eigenvalue weighted by Crippen LogP contribution is 1.95. The molecule has 0 fully saturated rings. The molecule has 0 saturated carbocycles. The third-order valence-electron chi connectivity index (χ3n) is 1.28. The summed E-state index contributed by atoms with van der Waals surface area (Å²) < 4.78 is 28.2. The lowest BCUT2D eigenvalue weighted by Gasteiger charge is -1.97. The van der Waals surface area contributed by atoms with E-state index in [4.69, 9.17) is 10.3 Å². The molecule has 0 aliphatic rings. The summed E-state index contributed by atoms with van der Waals surface area (Å²) in [5, 5.41) is 0. The van der Waals surface area contributed by atoms with Crippen LogP contribution in [0.4, 0.5) is 0 Å². The van der Waals surface area contributed by atoms with Crippen LogP contribution in [-0.2, 0) is 14.9 Å². The first kappa shape index (κ1) is 17.3. The summed E-state index contributed by atoms with van der Waals surface area (Å²) in [6, 6.07) is 0. The monoisotopic (exact) mass is 249 g/mol. The molecule has 0 heterocycles. The molecular weight excluding hydrogens is 230 g/mol. The Labute approximate surface area is 96.8 Å². The molecule has 6 heteroatoms. The van der Waals surface area contributed by atoms with Crippen molar-refractivity contribution in [1.82, 2.24) is 0 Å². The topological polar surface area (TPSA) is 97.5 Å². The van der Waals surface area contributed by atoms with E-state index in [0.717, 1.165) is 0 Å². The van der Waals surface area contributed by atoms with Gasteiger partial charge in [-0.25, -0.2) is 0 Å². The molecule has 0 spiro atoms. The van der Waals surface area contributed by atoms with Crippen LogP contribution in [0.5, 0.6) is 0 Å². The summed E-state index contributed by atoms with van der Waals surface area (Å²) >= 11 is 0. The van der Waals surface area contributed by atoms with Crippen molar-refractivity contribution in [1.29, 1.82) is 0 Å². The van der Waals surface area contributed by atoms with E-state index >= 15 is 0 Å². The third kappa shape index (κ3) is 15.3. The van der Waals surface area contributed by atoms with Gasteiger partial charge in [-0.3, -0.25) is 9.35 Å². The Bertz CT molecular complexity index is 344. The fourth-order valence-electron chi connectivity index (χ4n) is 0.696. The van der Waals surface area contributed by atoms with Gasteiger partial charge in [0.05, 0.1) is 5.75 Å². The molecule has 0 aromatic heterocycles. The number of allylic oxidation sites excluding steroid dienone is 1. The van der Waals surface area contributed by atoms with Gasteiger partial charge in [0.2, 0.25) is 5.91 Å². The predicted molar refractivity (Wildman–Crippen MR) is 64.4 cm³/mol. The molecule has 5 nitrogen and oxygen atoms in total. The van der Waals surface area contributed by atoms with Gasteiger partial charge in [0.1, 0.15) is 0 Å². The number of rotatable bonds is 5. The summed E-state index contributed by atoms with van der Waals surface area (Å²) in [6.45, 7) is 10.3. The van der Waals surface area contributed by atoms with Crippen LogP contribution in [0.15, 0.2) is 24.8 Å². The minimum atomic E-state index is -3.72. The van der Waals surface area contributed by atoms with Crippen molar-refractivity contribution < 1.29 is 17.8 Å². The van der Waals surface area contributed by atoms with Crippen LogP contribution >= 0.6 is 0 Å². The van der Waals surface area contributed by atoms with E-state index in [9.17, 15) is 13.2 Å². The zero-order valence-electron chi connectivity index (χ0n) is 9.64. The average molecular weight is 249 g/mol. The van der Waals surface area contributed by atoms with E-state index in [1.54, 1.807) is 19.9 Å². The summed E-state index contributed by atoms with van der Waals surface area (Å²) in [6.07, 6.45) is 2.07. The van der Waals surface area contributed by atoms with Crippen LogP contribution in [0.25, 0.3) is 0 Å². The Morgan fingerprint density at radius 2 is 1.94 bits per heavy atom. The van der Waals surface area contributed by atoms with Gasteiger partial charge >= 0.3 is 0 Å². The van der Waals surface area contributed by atoms with Gasteiger partial charge in [-0.05, 0) is 12.3 Å². The van der Waals surface area contributed by atoms with Gasteiger partial charge in [0.25, 0.3) is 10.1 Å². The minimum absolute atomic E-state index is 0.00463. The molecular formula is C10H19NO4S. The Balaban J connectivity index is 0. The second-order valence-electron chi connectivity index (χ2n) is 3.60. The highest BCUT2D eigenvalue weighted by Gasteiger charge is 2.06. The number of carbonyl (C=O) groups excluding carboxylic acids is 1. The lowest BCUT2D eigenvalue weighted by atomic mass is 10.2. The lowest BCUT2D eigenvalue weighted by Crippen LogP contribution is -2.12. The second-order valence-corrected chi connectivity index (χ2v) is 5.10. The number of nitrogens with two attached hydrogens (primary N) is 1. The standard InChI is InChI=1S/C6H9NO.C4H10O3S/c1-3-4-5(2)6(7)8;1-4(2)3-8(5,6)7/h3H,1-2,4H2,(H2,7,8);4H,3H2,1-2H3,(H,5,6,7). The molecule has 16 heavy (non-hydrogen) atoms. The number of hydrogen-bond donors (Lipinski definition) is 2. The van der Waals surface area contributed by atoms with Crippen LogP contribution in [-0.4, -0.2) is 24.6 Å². The molecule has 0 atom stereocenters. The minimum Gasteiger partial charge on any atom is -0.366 e. The van der Waals surface area contributed by atoms with Crippen LogP contribution in [0.2, 0.25) is 0 Å². The fourth-order valence-corrected chi connectivity index (χ4v) is 1.54. The molecule has 1 amide bonds. The average Bonchev–Trinajstić information content (AvgIpc) is 2.00. The first-order valence-corrected chi connectivity index (χ1v) is 6.24. The molecule has 0 aromatic rings. The summed E-state index contributed by atoms with van der Waals surface area (Å²) in [5.41, 5.74) is 5.24. The number of hydrogen-bond acceptors (Lipinski definition) is 3. The first-order valence-electron chi connectivity index (χ1n) is 4.63. The fraction of sp³-hybridized carbons (Fsp3) is 0.500. The van der Waals surface area contributed by atoms with Gasteiger partial charge in [-0.2, -0.15) is 8.42 Å². The highest BCUT2D eigenvalue weighted by atomic mass is 32.2. The maximum absolute atomic E-state index is 10.2. The van der Waals surface area contributed by atoms with Crippen molar-refractivity contribution in [3.8, 4) is 0 Å². The van der Waals surface area contributed by atoms with Gasteiger partial charge < -0.3 is 5.73 Å². The Kier molecular flexibility index (Phi) is 8.70. The van der Waals surface area contributed by atoms with Gasteiger partial charge in [-0.1, -0.05) is 26.5 Å². The number of carbonyl (C=O) groups is 1. The Morgan fingerprint density at radius 3 is 2.00 bits per heavy atom. The third-order valence-corrected chi connectivity index (χ3v) is 2.37. The summed E-state index contributed by atoms with van der Waals surface area (Å²) in [5.74, 6) is -0.595. The summed E-state index contributed by atoms with van der Waals surface area (Å²) in [4.78, 5) is 10.2. The summed E-state index contributed by atoms with van der Waals surface area (Å²) in [7, 11) is -3.72. The zero-order chi connectivity index (χ0) is 13.4. The highest BCUT2D eigenvalue weighted by molar-refractivity contribution is 7.85. The Morgan fingerprint density at radius 1 is 1.50 bits per heavy atom. The second kappa shape index (κ2) is 8.06. The molecule has 0 radical (unpaired) electrons. The largest absolute Gasteiger partial charge is 0.366 e. The smallest absolute Gasteiger partial charge is 0.265 e. The van der Waals surface area contributed by atoms with Crippen molar-refractivity contribution in [2.45, 2.75) is 20.3 Å². The van der Waals surface area contributed by atoms with Gasteiger partial charge in [-0.15, -0.1) is 6.58 Å². The van der Waals surface area contributed by atoms with E-state index < -0.39 is 16.0 Å². The molecule has 0 unspecified atom stereocenters. The molecule has 0 aromatic carbocycles. The number of amides is 1. The molecule has 0 rings (SSSR count). The normalized spacial score (nSPS) is 10.2. The van der Waals surface area contributed by atoms with Crippen LogP contribution < -0.4 is 5.73 Å². The SMILES string of the molecule is C=CCC(=C)C(N)=O.CC(C)CS(=O)(=O)O. The van der Waals surface area contributed by atoms with E-state index in [1.807, 2.05) is 0 Å². The maximum Gasteiger partial charge on any atom is 0.265 e. The molecule has 0 aliphatic heterocycles. The van der Waals surface area contributed by atoms with Crippen LogP contribution in [0.3, 0.4) is 0 Å². The molecule has 0 aliphatic carbocycles. The van der Waals surface area contributed by atoms with E-state index in [-0.39, 0.29) is 11.7 Å². The molecule has 0 saturated heterocycles. The quantitative estimate of drug-likeness (QED) is 0.433. The van der Waals surface area contributed by atoms with Crippen molar-refractivity contribution in [2.24, 2.45) is 11.7 Å². The van der Waals surface area contributed by atoms with Crippen molar-refractivity contribution in [3.63, 3.8) is 0 Å². The number of primary amides is 1. The van der Waals surface area contributed by atoms with Crippen LogP contribution in [0.1, 0.15) is 20.3 Å². The Hall–Kier alpha value is -1.14. The lowest BCUT2D eigenvalue weighted by molar-refractivity contribution is -0.114. The molecule has 0 bridgehead atoms. The zero-order valence-corrected chi connectivity index (χ0v) is 10.5. The molecule has 3 N–H and O–H groups in total. The van der Waals surface area contributed by atoms with Gasteiger partial charge in [0.15, 0.2) is 0 Å². The van der Waals surface area contributed by atoms with Crippen molar-refractivity contribution in [2.75, 3.05) is 5.75 Å². The maximum atomic E-state index is 10.2. The van der Waals surface area contributed by atoms with Crippen molar-refractivity contribution in [3.05, 3.63) is 24.8 Å². The van der Waals surface area contributed by atoms with Crippen LogP contribution in [0, 0.1) is 5.92 Å². The van der Waals surface area contributed by atoms with E-state index in [0.29, 0.717) is 12.0 Å². The molecule has 94 valence electrons.